The van der Waals surface area contributed by atoms with Crippen LogP contribution in [0.25, 0.3) is 0 Å². The minimum absolute atomic E-state index is 0.0643. The van der Waals surface area contributed by atoms with Crippen LogP contribution < -0.4 is 5.73 Å². The number of ether oxygens (including phenoxy) is 1. The average Bonchev–Trinajstić information content (AvgIpc) is 2.36. The summed E-state index contributed by atoms with van der Waals surface area (Å²) in [7, 11) is 0. The number of carbonyl (C=O) groups is 2. The van der Waals surface area contributed by atoms with E-state index < -0.39 is 23.6 Å². The maximum Gasteiger partial charge on any atom is 0.358 e. The van der Waals surface area contributed by atoms with E-state index in [0.717, 1.165) is 0 Å². The summed E-state index contributed by atoms with van der Waals surface area (Å²) in [6, 6.07) is 5.63. The van der Waals surface area contributed by atoms with Gasteiger partial charge in [-0.1, -0.05) is 18.2 Å². The minimum Gasteiger partial charge on any atom is -0.456 e. The summed E-state index contributed by atoms with van der Waals surface area (Å²) in [6.07, 6.45) is 0.0643. The fraction of sp³-hybridized carbons (Fsp3) is 0.429. The minimum atomic E-state index is -1.05. The Balaban J connectivity index is 2.94. The number of benzene rings is 1. The van der Waals surface area contributed by atoms with E-state index in [0.29, 0.717) is 11.1 Å². The molecule has 20 heavy (non-hydrogen) atoms. The Bertz CT molecular complexity index is 493. The van der Waals surface area contributed by atoms with E-state index in [2.05, 4.69) is 4.89 Å². The van der Waals surface area contributed by atoms with Crippen molar-refractivity contribution >= 4 is 11.9 Å². The molecule has 0 radical (unpaired) electrons. The van der Waals surface area contributed by atoms with Crippen LogP contribution in [0.5, 0.6) is 0 Å². The number of hydrogen-bond donors (Lipinski definition) is 2. The molecular formula is C14H19NO5. The Morgan fingerprint density at radius 3 is 2.45 bits per heavy atom. The van der Waals surface area contributed by atoms with Crippen molar-refractivity contribution in [2.75, 3.05) is 0 Å². The number of carbonyl (C=O) groups excluding carboxylic acids is 2. The van der Waals surface area contributed by atoms with E-state index in [1.165, 1.54) is 0 Å². The fourth-order valence-electron chi connectivity index (χ4n) is 1.62. The van der Waals surface area contributed by atoms with Gasteiger partial charge in [0.1, 0.15) is 11.6 Å². The molecule has 0 saturated carbocycles. The Morgan fingerprint density at radius 2 is 1.90 bits per heavy atom. The second kappa shape index (κ2) is 6.49. The summed E-state index contributed by atoms with van der Waals surface area (Å²) in [5.41, 5.74) is 5.85. The molecule has 0 amide bonds. The third kappa shape index (κ3) is 4.64. The molecule has 6 nitrogen and oxygen atoms in total. The van der Waals surface area contributed by atoms with Crippen LogP contribution in [0.2, 0.25) is 0 Å². The van der Waals surface area contributed by atoms with E-state index in [4.69, 9.17) is 15.7 Å². The van der Waals surface area contributed by atoms with E-state index in [1.807, 2.05) is 0 Å². The van der Waals surface area contributed by atoms with Gasteiger partial charge in [-0.05, 0) is 38.8 Å². The Hall–Kier alpha value is -1.92. The van der Waals surface area contributed by atoms with Gasteiger partial charge in [-0.2, -0.15) is 5.26 Å². The summed E-state index contributed by atoms with van der Waals surface area (Å²) >= 11 is 0. The zero-order valence-corrected chi connectivity index (χ0v) is 11.8. The van der Waals surface area contributed by atoms with Gasteiger partial charge < -0.3 is 10.5 Å². The van der Waals surface area contributed by atoms with Gasteiger partial charge in [0.15, 0.2) is 0 Å². The molecule has 6 heteroatoms. The van der Waals surface area contributed by atoms with E-state index >= 15 is 0 Å². The van der Waals surface area contributed by atoms with E-state index in [1.54, 1.807) is 45.0 Å². The molecule has 0 heterocycles. The van der Waals surface area contributed by atoms with Crippen molar-refractivity contribution in [1.82, 2.24) is 0 Å². The molecule has 0 aliphatic heterocycles. The second-order valence-corrected chi connectivity index (χ2v) is 5.38. The maximum atomic E-state index is 12.1. The standard InChI is InChI=1S/C14H19NO5/c1-14(2,3)19-12(16)10-7-5-4-6-9(10)8-11(15)13(17)20-18/h4-7,11,18H,8,15H2,1-3H3. The van der Waals surface area contributed by atoms with Crippen LogP contribution in [0.15, 0.2) is 24.3 Å². The van der Waals surface area contributed by atoms with E-state index in [-0.39, 0.29) is 6.42 Å². The van der Waals surface area contributed by atoms with Crippen LogP contribution in [-0.4, -0.2) is 28.8 Å². The number of esters is 1. The summed E-state index contributed by atoms with van der Waals surface area (Å²) < 4.78 is 5.29. The molecule has 0 aliphatic carbocycles. The van der Waals surface area contributed by atoms with Crippen molar-refractivity contribution in [2.24, 2.45) is 5.73 Å². The molecule has 0 bridgehead atoms. The average molecular weight is 281 g/mol. The molecule has 0 saturated heterocycles. The topological polar surface area (TPSA) is 98.9 Å². The monoisotopic (exact) mass is 281 g/mol. The Labute approximate surface area is 117 Å². The van der Waals surface area contributed by atoms with Crippen LogP contribution in [0.4, 0.5) is 0 Å². The van der Waals surface area contributed by atoms with Crippen molar-refractivity contribution in [2.45, 2.75) is 38.8 Å². The van der Waals surface area contributed by atoms with Crippen molar-refractivity contribution in [3.63, 3.8) is 0 Å². The smallest absolute Gasteiger partial charge is 0.358 e. The summed E-state index contributed by atoms with van der Waals surface area (Å²) in [6.45, 7) is 5.30. The molecule has 1 atom stereocenters. The quantitative estimate of drug-likeness (QED) is 0.493. The molecular weight excluding hydrogens is 262 g/mol. The van der Waals surface area contributed by atoms with E-state index in [9.17, 15) is 9.59 Å². The van der Waals surface area contributed by atoms with Gasteiger partial charge in [0.2, 0.25) is 0 Å². The summed E-state index contributed by atoms with van der Waals surface area (Å²) in [5, 5.41) is 8.29. The Morgan fingerprint density at radius 1 is 1.30 bits per heavy atom. The fourth-order valence-corrected chi connectivity index (χ4v) is 1.62. The zero-order valence-electron chi connectivity index (χ0n) is 11.8. The molecule has 0 spiro atoms. The molecule has 0 fully saturated rings. The van der Waals surface area contributed by atoms with Gasteiger partial charge in [-0.15, -0.1) is 0 Å². The highest BCUT2D eigenvalue weighted by molar-refractivity contribution is 5.91. The predicted molar refractivity (Wildman–Crippen MR) is 72.0 cm³/mol. The van der Waals surface area contributed by atoms with Crippen molar-refractivity contribution < 1.29 is 24.5 Å². The first-order chi connectivity index (χ1) is 9.24. The van der Waals surface area contributed by atoms with Gasteiger partial charge in [0, 0.05) is 0 Å². The largest absolute Gasteiger partial charge is 0.456 e. The summed E-state index contributed by atoms with van der Waals surface area (Å²) in [4.78, 5) is 26.8. The molecule has 1 aromatic carbocycles. The lowest BCUT2D eigenvalue weighted by Gasteiger charge is -2.20. The lowest BCUT2D eigenvalue weighted by molar-refractivity contribution is -0.235. The molecule has 0 aliphatic rings. The highest BCUT2D eigenvalue weighted by Gasteiger charge is 2.23. The molecule has 1 unspecified atom stereocenters. The van der Waals surface area contributed by atoms with Crippen molar-refractivity contribution in [3.05, 3.63) is 35.4 Å². The molecule has 110 valence electrons. The SMILES string of the molecule is CC(C)(C)OC(=O)c1ccccc1CC(N)C(=O)OO. The molecule has 1 rings (SSSR count). The van der Waals surface area contributed by atoms with Gasteiger partial charge in [0.05, 0.1) is 5.56 Å². The van der Waals surface area contributed by atoms with Gasteiger partial charge >= 0.3 is 11.9 Å². The zero-order chi connectivity index (χ0) is 15.3. The van der Waals surface area contributed by atoms with Crippen LogP contribution >= 0.6 is 0 Å². The number of nitrogens with two attached hydrogens (primary N) is 1. The first-order valence-corrected chi connectivity index (χ1v) is 6.16. The predicted octanol–water partition coefficient (Wildman–Crippen LogP) is 1.53. The maximum absolute atomic E-state index is 12.1. The van der Waals surface area contributed by atoms with Gasteiger partial charge in [-0.25, -0.2) is 9.59 Å². The van der Waals surface area contributed by atoms with Crippen LogP contribution in [0.1, 0.15) is 36.7 Å². The molecule has 3 N–H and O–H groups in total. The lowest BCUT2D eigenvalue weighted by atomic mass is 10.0. The highest BCUT2D eigenvalue weighted by Crippen LogP contribution is 2.16. The van der Waals surface area contributed by atoms with Gasteiger partial charge in [0.25, 0.3) is 0 Å². The van der Waals surface area contributed by atoms with Crippen molar-refractivity contribution in [3.8, 4) is 0 Å². The third-order valence-electron chi connectivity index (χ3n) is 2.47. The highest BCUT2D eigenvalue weighted by atomic mass is 17.1. The number of rotatable bonds is 4. The third-order valence-corrected chi connectivity index (χ3v) is 2.47. The molecule has 1 aromatic rings. The normalized spacial score (nSPS) is 12.7. The first-order valence-electron chi connectivity index (χ1n) is 6.16. The second-order valence-electron chi connectivity index (χ2n) is 5.38. The van der Waals surface area contributed by atoms with Crippen LogP contribution in [0.3, 0.4) is 0 Å². The summed E-state index contributed by atoms with van der Waals surface area (Å²) in [5.74, 6) is -1.44. The lowest BCUT2D eigenvalue weighted by Crippen LogP contribution is -2.34. The number of hydrogen-bond acceptors (Lipinski definition) is 6. The van der Waals surface area contributed by atoms with Crippen LogP contribution in [0, 0.1) is 0 Å². The first kappa shape index (κ1) is 16.1. The molecule has 0 aromatic heterocycles. The van der Waals surface area contributed by atoms with Crippen LogP contribution in [-0.2, 0) is 20.8 Å². The van der Waals surface area contributed by atoms with Gasteiger partial charge in [-0.3, -0.25) is 4.89 Å². The Kier molecular flexibility index (Phi) is 5.24. The van der Waals surface area contributed by atoms with Crippen molar-refractivity contribution in [1.29, 1.82) is 0 Å².